The zero-order valence-corrected chi connectivity index (χ0v) is 20.6. The largest absolute Gasteiger partial charge is 0.469 e. The molecule has 0 N–H and O–H groups in total. The number of carbonyl (C=O) groups excluding carboxylic acids is 1. The predicted octanol–water partition coefficient (Wildman–Crippen LogP) is 5.92. The van der Waals surface area contributed by atoms with Crippen molar-refractivity contribution in [3.05, 3.63) is 95.7 Å². The van der Waals surface area contributed by atoms with Crippen molar-refractivity contribution >= 4 is 5.97 Å². The molecule has 3 aromatic carbocycles. The van der Waals surface area contributed by atoms with Gasteiger partial charge >= 0.3 is 5.97 Å². The summed E-state index contributed by atoms with van der Waals surface area (Å²) >= 11 is 0. The molecule has 5 nitrogen and oxygen atoms in total. The van der Waals surface area contributed by atoms with E-state index in [1.807, 2.05) is 6.07 Å². The lowest BCUT2D eigenvalue weighted by atomic mass is 9.73. The molecule has 2 saturated heterocycles. The molecular formula is C31H29N3O2. The lowest BCUT2D eigenvalue weighted by Crippen LogP contribution is -2.32. The monoisotopic (exact) mass is 475 g/mol. The van der Waals surface area contributed by atoms with Crippen LogP contribution >= 0.6 is 0 Å². The number of aryl methyl sites for hydroxylation is 1. The number of esters is 1. The Bertz CT molecular complexity index is 1460. The number of para-hydroxylation sites is 1. The summed E-state index contributed by atoms with van der Waals surface area (Å²) in [5.41, 5.74) is 9.14. The number of hydrogen-bond donors (Lipinski definition) is 0. The van der Waals surface area contributed by atoms with Gasteiger partial charge in [-0.3, -0.25) is 9.69 Å². The van der Waals surface area contributed by atoms with Crippen molar-refractivity contribution in [3.8, 4) is 28.1 Å². The Labute approximate surface area is 211 Å². The Balaban J connectivity index is 1.56. The van der Waals surface area contributed by atoms with Crippen LogP contribution in [0.1, 0.15) is 41.6 Å². The predicted molar refractivity (Wildman–Crippen MR) is 140 cm³/mol. The van der Waals surface area contributed by atoms with Crippen LogP contribution in [0.3, 0.4) is 0 Å². The van der Waals surface area contributed by atoms with Crippen molar-refractivity contribution < 1.29 is 9.53 Å². The van der Waals surface area contributed by atoms with Gasteiger partial charge in [0.1, 0.15) is 0 Å². The smallest absolute Gasteiger partial charge is 0.311 e. The van der Waals surface area contributed by atoms with Crippen LogP contribution in [0.25, 0.3) is 28.1 Å². The third-order valence-corrected chi connectivity index (χ3v) is 8.42. The first kappa shape index (κ1) is 21.6. The maximum absolute atomic E-state index is 13.3. The highest BCUT2D eigenvalue weighted by atomic mass is 16.5. The second kappa shape index (κ2) is 8.17. The van der Waals surface area contributed by atoms with Crippen LogP contribution in [0.2, 0.25) is 0 Å². The van der Waals surface area contributed by atoms with Gasteiger partial charge in [-0.15, -0.1) is 0 Å². The van der Waals surface area contributed by atoms with Crippen molar-refractivity contribution in [1.29, 1.82) is 0 Å². The summed E-state index contributed by atoms with van der Waals surface area (Å²) in [5.74, 6) is -0.378. The van der Waals surface area contributed by atoms with Crippen molar-refractivity contribution in [3.63, 3.8) is 0 Å². The van der Waals surface area contributed by atoms with Crippen molar-refractivity contribution in [2.75, 3.05) is 13.7 Å². The number of hydrogen-bond acceptors (Lipinski definition) is 4. The Hall–Kier alpha value is -3.70. The molecule has 0 saturated carbocycles. The molecule has 5 heteroatoms. The van der Waals surface area contributed by atoms with Gasteiger partial charge in [0.05, 0.1) is 30.1 Å². The minimum Gasteiger partial charge on any atom is -0.469 e. The van der Waals surface area contributed by atoms with Crippen molar-refractivity contribution in [2.45, 2.75) is 37.8 Å². The minimum atomic E-state index is -0.223. The summed E-state index contributed by atoms with van der Waals surface area (Å²) < 4.78 is 7.50. The molecule has 1 aliphatic carbocycles. The fraction of sp³-hybridized carbons (Fsp3) is 0.290. The number of benzene rings is 3. The van der Waals surface area contributed by atoms with Crippen LogP contribution in [-0.4, -0.2) is 40.3 Å². The average molecular weight is 476 g/mol. The van der Waals surface area contributed by atoms with E-state index in [2.05, 4.69) is 89.3 Å². The third kappa shape index (κ3) is 2.99. The molecule has 0 spiro atoms. The van der Waals surface area contributed by atoms with Crippen LogP contribution in [0.5, 0.6) is 0 Å². The minimum absolute atomic E-state index is 0.0400. The second-order valence-electron chi connectivity index (χ2n) is 10.3. The highest BCUT2D eigenvalue weighted by Crippen LogP contribution is 2.60. The quantitative estimate of drug-likeness (QED) is 0.345. The van der Waals surface area contributed by atoms with Crippen LogP contribution in [0.15, 0.2) is 78.9 Å². The molecular weight excluding hydrogens is 446 g/mol. The molecule has 2 unspecified atom stereocenters. The maximum atomic E-state index is 13.3. The molecule has 36 heavy (non-hydrogen) atoms. The molecule has 3 heterocycles. The van der Waals surface area contributed by atoms with E-state index in [1.165, 1.54) is 23.8 Å². The molecule has 7 rings (SSSR count). The van der Waals surface area contributed by atoms with Gasteiger partial charge in [0.15, 0.2) is 0 Å². The Kier molecular flexibility index (Phi) is 4.90. The van der Waals surface area contributed by atoms with Crippen LogP contribution < -0.4 is 0 Å². The first-order valence-corrected chi connectivity index (χ1v) is 12.9. The number of rotatable bonds is 3. The highest BCUT2D eigenvalue weighted by molar-refractivity contribution is 5.89. The molecule has 2 aliphatic heterocycles. The van der Waals surface area contributed by atoms with Gasteiger partial charge in [-0.2, -0.15) is 5.10 Å². The van der Waals surface area contributed by atoms with Gasteiger partial charge < -0.3 is 4.74 Å². The lowest BCUT2D eigenvalue weighted by Gasteiger charge is -2.33. The zero-order chi connectivity index (χ0) is 24.4. The van der Waals surface area contributed by atoms with Crippen LogP contribution in [0.4, 0.5) is 0 Å². The maximum Gasteiger partial charge on any atom is 0.311 e. The molecule has 3 aliphatic rings. The van der Waals surface area contributed by atoms with E-state index < -0.39 is 0 Å². The number of ether oxygens (including phenoxy) is 1. The van der Waals surface area contributed by atoms with Crippen LogP contribution in [-0.2, 0) is 9.53 Å². The van der Waals surface area contributed by atoms with Crippen molar-refractivity contribution in [2.24, 2.45) is 5.92 Å². The Morgan fingerprint density at radius 2 is 1.72 bits per heavy atom. The van der Waals surface area contributed by atoms with E-state index in [0.29, 0.717) is 0 Å². The summed E-state index contributed by atoms with van der Waals surface area (Å²) in [5, 5.41) is 5.34. The van der Waals surface area contributed by atoms with Gasteiger partial charge in [-0.05, 0) is 49.6 Å². The van der Waals surface area contributed by atoms with E-state index >= 15 is 0 Å². The topological polar surface area (TPSA) is 47.4 Å². The van der Waals surface area contributed by atoms with Gasteiger partial charge in [-0.25, -0.2) is 4.68 Å². The van der Waals surface area contributed by atoms with Gasteiger partial charge in [-0.1, -0.05) is 72.3 Å². The average Bonchev–Trinajstić information content (AvgIpc) is 3.62. The molecule has 4 atom stereocenters. The summed E-state index contributed by atoms with van der Waals surface area (Å²) in [6, 6.07) is 28.1. The molecule has 4 aromatic rings. The molecule has 0 radical (unpaired) electrons. The molecule has 1 aromatic heterocycles. The van der Waals surface area contributed by atoms with Gasteiger partial charge in [0.2, 0.25) is 0 Å². The summed E-state index contributed by atoms with van der Waals surface area (Å²) in [6.45, 7) is 3.12. The number of fused-ring (bicyclic) bond motifs is 8. The highest BCUT2D eigenvalue weighted by Gasteiger charge is 2.58. The summed E-state index contributed by atoms with van der Waals surface area (Å²) in [6.07, 6.45) is 2.14. The lowest BCUT2D eigenvalue weighted by molar-refractivity contribution is -0.146. The van der Waals surface area contributed by atoms with E-state index in [-0.39, 0.29) is 29.9 Å². The first-order valence-electron chi connectivity index (χ1n) is 12.9. The number of aromatic nitrogens is 2. The van der Waals surface area contributed by atoms with Gasteiger partial charge in [0.25, 0.3) is 0 Å². The fourth-order valence-corrected chi connectivity index (χ4v) is 6.97. The van der Waals surface area contributed by atoms with E-state index in [4.69, 9.17) is 9.84 Å². The molecule has 180 valence electrons. The Morgan fingerprint density at radius 3 is 2.50 bits per heavy atom. The SMILES string of the molecule is COC(=O)C1C2CCCN2[C@H]2c3ccccc3-c3c(nn(-c4ccccc4)c3-c3ccc(C)cc3)[C@H]12. The molecule has 2 fully saturated rings. The molecule has 0 bridgehead atoms. The Morgan fingerprint density at radius 1 is 0.972 bits per heavy atom. The summed E-state index contributed by atoms with van der Waals surface area (Å²) in [4.78, 5) is 15.9. The van der Waals surface area contributed by atoms with E-state index in [9.17, 15) is 4.79 Å². The molecule has 0 amide bonds. The first-order chi connectivity index (χ1) is 17.7. The zero-order valence-electron chi connectivity index (χ0n) is 20.6. The standard InChI is InChI=1S/C31H29N3O2/c1-19-14-16-20(17-15-19)29-25-22-11-6-7-12-23(22)30-27(26(31(35)36-2)24-13-8-18-33(24)30)28(25)32-34(29)21-9-4-3-5-10-21/h3-7,9-12,14-17,24,26-27,30H,8,13,18H2,1-2H3/t24?,26?,27-,30-/m0/s1. The normalized spacial score (nSPS) is 24.1. The second-order valence-corrected chi connectivity index (χ2v) is 10.3. The van der Waals surface area contributed by atoms with E-state index in [0.717, 1.165) is 47.6 Å². The van der Waals surface area contributed by atoms with Crippen molar-refractivity contribution in [1.82, 2.24) is 14.7 Å². The third-order valence-electron chi connectivity index (χ3n) is 8.42. The fourth-order valence-electron chi connectivity index (χ4n) is 6.97. The number of methoxy groups -OCH3 is 1. The van der Waals surface area contributed by atoms with E-state index in [1.54, 1.807) is 0 Å². The number of nitrogens with zero attached hydrogens (tertiary/aromatic N) is 3. The van der Waals surface area contributed by atoms with Crippen LogP contribution in [0, 0.1) is 12.8 Å². The number of carbonyl (C=O) groups is 1. The van der Waals surface area contributed by atoms with Gasteiger partial charge in [0, 0.05) is 29.1 Å². The summed E-state index contributed by atoms with van der Waals surface area (Å²) in [7, 11) is 1.52.